The molecule has 1 N–H and O–H groups in total. The summed E-state index contributed by atoms with van der Waals surface area (Å²) in [6, 6.07) is 0. The Morgan fingerprint density at radius 2 is 2.00 bits per heavy atom. The molecule has 2 rings (SSSR count). The molecule has 19 heavy (non-hydrogen) atoms. The first-order valence-electron chi connectivity index (χ1n) is 7.69. The summed E-state index contributed by atoms with van der Waals surface area (Å²) in [6.07, 6.45) is 10.7. The topological polar surface area (TPSA) is 29.9 Å². The van der Waals surface area contributed by atoms with Crippen molar-refractivity contribution < 1.29 is 0 Å². The molecule has 1 fully saturated rings. The van der Waals surface area contributed by atoms with Gasteiger partial charge in [0.05, 0.1) is 0 Å². The summed E-state index contributed by atoms with van der Waals surface area (Å²) >= 11 is 0. The molecule has 2 atom stereocenters. The molecule has 1 aliphatic rings. The summed E-state index contributed by atoms with van der Waals surface area (Å²) in [5.74, 6) is 2.63. The molecule has 3 heteroatoms. The molecule has 1 heterocycles. The number of imidazole rings is 1. The zero-order valence-electron chi connectivity index (χ0n) is 12.9. The average molecular weight is 263 g/mol. The molecule has 0 aliphatic heterocycles. The van der Waals surface area contributed by atoms with Gasteiger partial charge in [-0.3, -0.25) is 0 Å². The van der Waals surface area contributed by atoms with Crippen LogP contribution in [0.25, 0.3) is 0 Å². The summed E-state index contributed by atoms with van der Waals surface area (Å²) in [5.41, 5.74) is 0.207. The van der Waals surface area contributed by atoms with Crippen LogP contribution in [0.5, 0.6) is 0 Å². The Bertz CT molecular complexity index is 389. The Hall–Kier alpha value is -0.830. The van der Waals surface area contributed by atoms with E-state index in [1.807, 2.05) is 6.20 Å². The minimum Gasteiger partial charge on any atom is -0.338 e. The Morgan fingerprint density at radius 3 is 2.63 bits per heavy atom. The Morgan fingerprint density at radius 1 is 1.26 bits per heavy atom. The standard InChI is InChI=1S/C16H29N3/c1-16(2,3)18-12-13-8-6-5-7-9-14(13)15-17-10-11-19(15)4/h10-11,13-14,18H,5-9,12H2,1-4H3. The van der Waals surface area contributed by atoms with Crippen molar-refractivity contribution in [1.82, 2.24) is 14.9 Å². The highest BCUT2D eigenvalue weighted by molar-refractivity contribution is 5.03. The van der Waals surface area contributed by atoms with Gasteiger partial charge in [0.25, 0.3) is 0 Å². The molecule has 1 aliphatic carbocycles. The summed E-state index contributed by atoms with van der Waals surface area (Å²) in [4.78, 5) is 4.61. The minimum absolute atomic E-state index is 0.207. The first-order chi connectivity index (χ1) is 8.97. The SMILES string of the molecule is Cn1ccnc1C1CCCCCC1CNC(C)(C)C. The predicted molar refractivity (Wildman–Crippen MR) is 80.3 cm³/mol. The number of rotatable bonds is 3. The molecule has 108 valence electrons. The maximum atomic E-state index is 4.61. The van der Waals surface area contributed by atoms with Crippen LogP contribution in [-0.4, -0.2) is 21.6 Å². The molecule has 1 saturated carbocycles. The lowest BCUT2D eigenvalue weighted by Gasteiger charge is -2.29. The Balaban J connectivity index is 2.10. The van der Waals surface area contributed by atoms with E-state index in [4.69, 9.17) is 0 Å². The molecule has 0 radical (unpaired) electrons. The highest BCUT2D eigenvalue weighted by Crippen LogP contribution is 2.35. The van der Waals surface area contributed by atoms with Crippen molar-refractivity contribution in [3.05, 3.63) is 18.2 Å². The highest BCUT2D eigenvalue weighted by Gasteiger charge is 2.28. The number of hydrogen-bond donors (Lipinski definition) is 1. The van der Waals surface area contributed by atoms with Crippen molar-refractivity contribution in [3.63, 3.8) is 0 Å². The second-order valence-corrected chi connectivity index (χ2v) is 7.03. The third-order valence-electron chi connectivity index (χ3n) is 4.24. The summed E-state index contributed by atoms with van der Waals surface area (Å²) in [5, 5.41) is 3.69. The second kappa shape index (κ2) is 6.08. The van der Waals surface area contributed by atoms with E-state index in [-0.39, 0.29) is 5.54 Å². The van der Waals surface area contributed by atoms with E-state index in [1.54, 1.807) is 0 Å². The predicted octanol–water partition coefficient (Wildman–Crippen LogP) is 3.47. The molecule has 1 aromatic rings. The fourth-order valence-corrected chi connectivity index (χ4v) is 3.14. The first kappa shape index (κ1) is 14.6. The first-order valence-corrected chi connectivity index (χ1v) is 7.69. The zero-order chi connectivity index (χ0) is 13.9. The fourth-order valence-electron chi connectivity index (χ4n) is 3.14. The van der Waals surface area contributed by atoms with Crippen LogP contribution in [0.1, 0.15) is 64.6 Å². The minimum atomic E-state index is 0.207. The molecule has 0 spiro atoms. The molecule has 1 aromatic heterocycles. The summed E-state index contributed by atoms with van der Waals surface area (Å²) < 4.78 is 2.21. The number of nitrogens with one attached hydrogen (secondary N) is 1. The van der Waals surface area contributed by atoms with Gasteiger partial charge >= 0.3 is 0 Å². The number of nitrogens with zero attached hydrogens (tertiary/aromatic N) is 2. The lowest BCUT2D eigenvalue weighted by Crippen LogP contribution is -2.40. The van der Waals surface area contributed by atoms with Crippen LogP contribution >= 0.6 is 0 Å². The van der Waals surface area contributed by atoms with Crippen molar-refractivity contribution in [2.45, 2.75) is 64.3 Å². The Labute approximate surface area is 117 Å². The van der Waals surface area contributed by atoms with Crippen LogP contribution in [0.15, 0.2) is 12.4 Å². The van der Waals surface area contributed by atoms with Crippen LogP contribution in [0.3, 0.4) is 0 Å². The van der Waals surface area contributed by atoms with Gasteiger partial charge < -0.3 is 9.88 Å². The van der Waals surface area contributed by atoms with Gasteiger partial charge in [-0.1, -0.05) is 19.3 Å². The molecule has 0 aromatic carbocycles. The molecule has 0 saturated heterocycles. The van der Waals surface area contributed by atoms with Gasteiger partial charge in [0, 0.05) is 30.9 Å². The van der Waals surface area contributed by atoms with Crippen molar-refractivity contribution in [2.75, 3.05) is 6.54 Å². The van der Waals surface area contributed by atoms with Crippen LogP contribution in [0.4, 0.5) is 0 Å². The van der Waals surface area contributed by atoms with E-state index in [2.05, 4.69) is 48.9 Å². The van der Waals surface area contributed by atoms with E-state index >= 15 is 0 Å². The lowest BCUT2D eigenvalue weighted by molar-refractivity contribution is 0.313. The number of aryl methyl sites for hydroxylation is 1. The van der Waals surface area contributed by atoms with Gasteiger partial charge in [-0.15, -0.1) is 0 Å². The van der Waals surface area contributed by atoms with Crippen LogP contribution in [0.2, 0.25) is 0 Å². The van der Waals surface area contributed by atoms with Crippen LogP contribution in [0, 0.1) is 5.92 Å². The maximum absolute atomic E-state index is 4.61. The van der Waals surface area contributed by atoms with E-state index in [0.717, 1.165) is 12.5 Å². The van der Waals surface area contributed by atoms with Gasteiger partial charge in [0.1, 0.15) is 5.82 Å². The monoisotopic (exact) mass is 263 g/mol. The van der Waals surface area contributed by atoms with Gasteiger partial charge in [0.15, 0.2) is 0 Å². The number of aromatic nitrogens is 2. The highest BCUT2D eigenvalue weighted by atomic mass is 15.0. The molecular formula is C16H29N3. The maximum Gasteiger partial charge on any atom is 0.111 e. The van der Waals surface area contributed by atoms with E-state index in [9.17, 15) is 0 Å². The van der Waals surface area contributed by atoms with Crippen molar-refractivity contribution in [2.24, 2.45) is 13.0 Å². The summed E-state index contributed by atoms with van der Waals surface area (Å²) in [7, 11) is 2.13. The third kappa shape index (κ3) is 4.07. The molecule has 0 bridgehead atoms. The zero-order valence-corrected chi connectivity index (χ0v) is 12.9. The van der Waals surface area contributed by atoms with Gasteiger partial charge in [-0.05, 0) is 46.1 Å². The quantitative estimate of drug-likeness (QED) is 0.846. The molecular weight excluding hydrogens is 234 g/mol. The van der Waals surface area contributed by atoms with Gasteiger partial charge in [-0.2, -0.15) is 0 Å². The van der Waals surface area contributed by atoms with E-state index in [1.165, 1.54) is 37.9 Å². The molecule has 0 amide bonds. The second-order valence-electron chi connectivity index (χ2n) is 7.03. The van der Waals surface area contributed by atoms with Crippen LogP contribution in [-0.2, 0) is 7.05 Å². The van der Waals surface area contributed by atoms with E-state index < -0.39 is 0 Å². The Kier molecular flexibility index (Phi) is 4.67. The summed E-state index contributed by atoms with van der Waals surface area (Å²) in [6.45, 7) is 7.86. The van der Waals surface area contributed by atoms with Gasteiger partial charge in [-0.25, -0.2) is 4.98 Å². The van der Waals surface area contributed by atoms with Gasteiger partial charge in [0.2, 0.25) is 0 Å². The largest absolute Gasteiger partial charge is 0.338 e. The molecule has 2 unspecified atom stereocenters. The smallest absolute Gasteiger partial charge is 0.111 e. The lowest BCUT2D eigenvalue weighted by atomic mass is 9.86. The van der Waals surface area contributed by atoms with Crippen LogP contribution < -0.4 is 5.32 Å². The number of hydrogen-bond acceptors (Lipinski definition) is 2. The van der Waals surface area contributed by atoms with E-state index in [0.29, 0.717) is 5.92 Å². The third-order valence-corrected chi connectivity index (χ3v) is 4.24. The van der Waals surface area contributed by atoms with Crippen molar-refractivity contribution in [3.8, 4) is 0 Å². The normalized spacial score (nSPS) is 25.3. The van der Waals surface area contributed by atoms with Crippen molar-refractivity contribution in [1.29, 1.82) is 0 Å². The average Bonchev–Trinajstić information content (AvgIpc) is 2.62. The fraction of sp³-hybridized carbons (Fsp3) is 0.812. The molecule has 3 nitrogen and oxygen atoms in total. The van der Waals surface area contributed by atoms with Crippen molar-refractivity contribution >= 4 is 0 Å².